The maximum absolute atomic E-state index is 11.1. The molecule has 0 radical (unpaired) electrons. The largest absolute Gasteiger partial charge is 0.481 e. The molecule has 0 rings (SSSR count). The lowest BCUT2D eigenvalue weighted by Crippen LogP contribution is -2.25. The van der Waals surface area contributed by atoms with Gasteiger partial charge in [-0.1, -0.05) is 25.6 Å². The predicted molar refractivity (Wildman–Crippen MR) is 75.9 cm³/mol. The summed E-state index contributed by atoms with van der Waals surface area (Å²) >= 11 is 1.21. The molecule has 5 heteroatoms. The number of carbonyl (C=O) groups excluding carboxylic acids is 1. The smallest absolute Gasteiger partial charge is 0.306 e. The van der Waals surface area contributed by atoms with Gasteiger partial charge in [0, 0.05) is 12.7 Å². The Hall–Kier alpha value is -0.550. The highest BCUT2D eigenvalue weighted by Crippen LogP contribution is 2.16. The van der Waals surface area contributed by atoms with Gasteiger partial charge in [0.15, 0.2) is 5.12 Å². The molecule has 0 aliphatic heterocycles. The van der Waals surface area contributed by atoms with Crippen LogP contribution >= 0.6 is 11.8 Å². The van der Waals surface area contributed by atoms with Crippen molar-refractivity contribution in [3.8, 4) is 0 Å². The molecule has 0 aromatic carbocycles. The van der Waals surface area contributed by atoms with Crippen molar-refractivity contribution in [1.29, 1.82) is 0 Å². The van der Waals surface area contributed by atoms with E-state index in [2.05, 4.69) is 18.7 Å². The molecule has 0 saturated carbocycles. The fraction of sp³-hybridized carbons (Fsp3) is 0.846. The minimum Gasteiger partial charge on any atom is -0.481 e. The zero-order valence-corrected chi connectivity index (χ0v) is 12.5. The lowest BCUT2D eigenvalue weighted by molar-refractivity contribution is -0.142. The molecule has 18 heavy (non-hydrogen) atoms. The lowest BCUT2D eigenvalue weighted by atomic mass is 10.0. The normalized spacial score (nSPS) is 12.7. The predicted octanol–water partition coefficient (Wildman–Crippen LogP) is 2.48. The van der Waals surface area contributed by atoms with E-state index in [-0.39, 0.29) is 11.0 Å². The maximum atomic E-state index is 11.1. The van der Waals surface area contributed by atoms with E-state index in [4.69, 9.17) is 5.11 Å². The van der Waals surface area contributed by atoms with Crippen LogP contribution in [-0.4, -0.2) is 46.5 Å². The van der Waals surface area contributed by atoms with Gasteiger partial charge in [-0.15, -0.1) is 0 Å². The Balaban J connectivity index is 3.90. The van der Waals surface area contributed by atoms with Crippen LogP contribution in [0.15, 0.2) is 0 Å². The summed E-state index contributed by atoms with van der Waals surface area (Å²) in [7, 11) is 0. The number of thioether (sulfide) groups is 1. The summed E-state index contributed by atoms with van der Waals surface area (Å²) in [4.78, 5) is 24.2. The van der Waals surface area contributed by atoms with Crippen molar-refractivity contribution in [1.82, 2.24) is 4.90 Å². The summed E-state index contributed by atoms with van der Waals surface area (Å²) < 4.78 is 0. The molecule has 106 valence electrons. The fourth-order valence-electron chi connectivity index (χ4n) is 1.84. The summed E-state index contributed by atoms with van der Waals surface area (Å²) in [5, 5.41) is 9.17. The zero-order valence-electron chi connectivity index (χ0n) is 11.6. The average molecular weight is 275 g/mol. The Labute approximate surface area is 114 Å². The van der Waals surface area contributed by atoms with Gasteiger partial charge in [-0.25, -0.2) is 0 Å². The highest BCUT2D eigenvalue weighted by molar-refractivity contribution is 8.13. The van der Waals surface area contributed by atoms with Crippen LogP contribution in [0.3, 0.4) is 0 Å². The summed E-state index contributed by atoms with van der Waals surface area (Å²) in [6, 6.07) is 0. The Morgan fingerprint density at radius 1 is 1.22 bits per heavy atom. The van der Waals surface area contributed by atoms with Gasteiger partial charge in [0.2, 0.25) is 0 Å². The molecule has 0 amide bonds. The van der Waals surface area contributed by atoms with Crippen LogP contribution in [0.2, 0.25) is 0 Å². The average Bonchev–Trinajstić information content (AvgIpc) is 2.31. The van der Waals surface area contributed by atoms with Gasteiger partial charge < -0.3 is 10.0 Å². The second-order valence-corrected chi connectivity index (χ2v) is 5.60. The molecular weight excluding hydrogens is 250 g/mol. The Bertz CT molecular complexity index is 255. The molecule has 0 heterocycles. The molecular formula is C13H25NO3S. The number of hydrogen-bond acceptors (Lipinski definition) is 4. The Kier molecular flexibility index (Phi) is 10.1. The molecule has 0 saturated heterocycles. The fourth-order valence-corrected chi connectivity index (χ4v) is 2.53. The summed E-state index contributed by atoms with van der Waals surface area (Å²) in [5.74, 6) is -0.441. The number of rotatable bonds is 10. The molecule has 4 nitrogen and oxygen atoms in total. The minimum absolute atomic E-state index is 0.0577. The van der Waals surface area contributed by atoms with Crippen molar-refractivity contribution in [3.63, 3.8) is 0 Å². The summed E-state index contributed by atoms with van der Waals surface area (Å²) in [6.07, 6.45) is 2.19. The SMILES string of the molecule is CCN(CC)CCC[C@H](CCSC(C)=O)C(=O)O. The van der Waals surface area contributed by atoms with E-state index in [1.807, 2.05) is 0 Å². The summed E-state index contributed by atoms with van der Waals surface area (Å²) in [6.45, 7) is 8.71. The van der Waals surface area contributed by atoms with E-state index in [1.165, 1.54) is 18.7 Å². The number of nitrogens with zero attached hydrogens (tertiary/aromatic N) is 1. The van der Waals surface area contributed by atoms with E-state index < -0.39 is 5.97 Å². The zero-order chi connectivity index (χ0) is 14.0. The van der Waals surface area contributed by atoms with Crippen molar-refractivity contribution in [2.24, 2.45) is 5.92 Å². The van der Waals surface area contributed by atoms with Gasteiger partial charge in [-0.2, -0.15) is 0 Å². The molecule has 0 bridgehead atoms. The van der Waals surface area contributed by atoms with E-state index >= 15 is 0 Å². The van der Waals surface area contributed by atoms with E-state index in [1.54, 1.807) is 0 Å². The first-order chi connectivity index (χ1) is 8.51. The first-order valence-corrected chi connectivity index (χ1v) is 7.58. The second-order valence-electron chi connectivity index (χ2n) is 4.33. The second kappa shape index (κ2) is 10.4. The molecule has 0 aromatic heterocycles. The number of carbonyl (C=O) groups is 2. The molecule has 0 spiro atoms. The summed E-state index contributed by atoms with van der Waals surface area (Å²) in [5.41, 5.74) is 0. The van der Waals surface area contributed by atoms with Gasteiger partial charge in [0.25, 0.3) is 0 Å². The highest BCUT2D eigenvalue weighted by atomic mass is 32.2. The van der Waals surface area contributed by atoms with Gasteiger partial charge in [-0.05, 0) is 38.9 Å². The third-order valence-electron chi connectivity index (χ3n) is 3.04. The quantitative estimate of drug-likeness (QED) is 0.664. The topological polar surface area (TPSA) is 57.6 Å². The van der Waals surface area contributed by atoms with E-state index in [9.17, 15) is 9.59 Å². The van der Waals surface area contributed by atoms with Crippen molar-refractivity contribution in [2.75, 3.05) is 25.4 Å². The van der Waals surface area contributed by atoms with Crippen LogP contribution in [0.5, 0.6) is 0 Å². The maximum Gasteiger partial charge on any atom is 0.306 e. The number of hydrogen-bond donors (Lipinski definition) is 1. The Morgan fingerprint density at radius 2 is 1.83 bits per heavy atom. The molecule has 0 aromatic rings. The van der Waals surface area contributed by atoms with Gasteiger partial charge in [-0.3, -0.25) is 9.59 Å². The Morgan fingerprint density at radius 3 is 2.28 bits per heavy atom. The number of carboxylic acids is 1. The minimum atomic E-state index is -0.737. The molecule has 0 fully saturated rings. The molecule has 0 unspecified atom stereocenters. The third-order valence-corrected chi connectivity index (χ3v) is 3.89. The molecule has 1 atom stereocenters. The molecule has 0 aliphatic carbocycles. The van der Waals surface area contributed by atoms with Crippen molar-refractivity contribution in [3.05, 3.63) is 0 Å². The van der Waals surface area contributed by atoms with Crippen LogP contribution < -0.4 is 0 Å². The van der Waals surface area contributed by atoms with Gasteiger partial charge in [0.1, 0.15) is 0 Å². The van der Waals surface area contributed by atoms with Crippen LogP contribution in [0.4, 0.5) is 0 Å². The van der Waals surface area contributed by atoms with Crippen molar-refractivity contribution >= 4 is 22.8 Å². The first kappa shape index (κ1) is 17.4. The molecule has 1 N–H and O–H groups in total. The van der Waals surface area contributed by atoms with Crippen LogP contribution in [0.1, 0.15) is 40.0 Å². The third kappa shape index (κ3) is 8.53. The van der Waals surface area contributed by atoms with E-state index in [0.29, 0.717) is 18.6 Å². The number of carboxylic acid groups (broad SMARTS) is 1. The van der Waals surface area contributed by atoms with Gasteiger partial charge in [0.05, 0.1) is 5.92 Å². The monoisotopic (exact) mass is 275 g/mol. The molecule has 0 aliphatic rings. The lowest BCUT2D eigenvalue weighted by Gasteiger charge is -2.19. The van der Waals surface area contributed by atoms with Crippen molar-refractivity contribution in [2.45, 2.75) is 40.0 Å². The van der Waals surface area contributed by atoms with Crippen molar-refractivity contribution < 1.29 is 14.7 Å². The standard InChI is InChI=1S/C13H25NO3S/c1-4-14(5-2)9-6-7-12(13(16)17)8-10-18-11(3)15/h12H,4-10H2,1-3H3,(H,16,17)/t12-/m1/s1. The first-order valence-electron chi connectivity index (χ1n) is 6.59. The highest BCUT2D eigenvalue weighted by Gasteiger charge is 2.17. The van der Waals surface area contributed by atoms with E-state index in [0.717, 1.165) is 26.1 Å². The van der Waals surface area contributed by atoms with Crippen LogP contribution in [0, 0.1) is 5.92 Å². The van der Waals surface area contributed by atoms with Gasteiger partial charge >= 0.3 is 5.97 Å². The van der Waals surface area contributed by atoms with Crippen LogP contribution in [-0.2, 0) is 9.59 Å². The van der Waals surface area contributed by atoms with Crippen LogP contribution in [0.25, 0.3) is 0 Å². The number of aliphatic carboxylic acids is 1.